The molecule has 0 amide bonds. The van der Waals surface area contributed by atoms with Crippen LogP contribution in [0.5, 0.6) is 0 Å². The number of halogens is 4. The van der Waals surface area contributed by atoms with Gasteiger partial charge in [0.15, 0.2) is 0 Å². The average Bonchev–Trinajstić information content (AvgIpc) is 3.19. The zero-order chi connectivity index (χ0) is 25.0. The standard InChI is InChI=1S/C15H20F4O.C11H16N2/c1-3-5-10(8-12(20)4-2)11-6-7-13(14(16)9-11)15(17,18)19;1-4-6-10(7-5-2)11-8-9(3)12-13-11/h6,9-10,13H,3-5,7-8H2,1-2H3;4-7,9,12H,1,8H2,2-3H3/b;7-5-,10-6+. The summed E-state index contributed by atoms with van der Waals surface area (Å²) in [5.74, 6) is -3.29. The van der Waals surface area contributed by atoms with Crippen molar-refractivity contribution in [2.24, 2.45) is 16.9 Å². The lowest BCUT2D eigenvalue weighted by molar-refractivity contribution is -0.167. The molecule has 1 N–H and O–H groups in total. The summed E-state index contributed by atoms with van der Waals surface area (Å²) in [6, 6.07) is 0.452. The van der Waals surface area contributed by atoms with E-state index in [-0.39, 0.29) is 24.5 Å². The summed E-state index contributed by atoms with van der Waals surface area (Å²) in [4.78, 5) is 11.5. The molecule has 3 atom stereocenters. The minimum Gasteiger partial charge on any atom is -0.307 e. The molecule has 33 heavy (non-hydrogen) atoms. The molecule has 0 bridgehead atoms. The lowest BCUT2D eigenvalue weighted by atomic mass is 9.83. The highest BCUT2D eigenvalue weighted by molar-refractivity contribution is 6.03. The Balaban J connectivity index is 0.000000361. The molecule has 2 rings (SSSR count). The maximum absolute atomic E-state index is 13.6. The Morgan fingerprint density at radius 3 is 2.52 bits per heavy atom. The number of rotatable bonds is 9. The molecule has 1 heterocycles. The van der Waals surface area contributed by atoms with E-state index < -0.39 is 17.9 Å². The Morgan fingerprint density at radius 1 is 1.36 bits per heavy atom. The summed E-state index contributed by atoms with van der Waals surface area (Å²) >= 11 is 0. The number of ketones is 1. The molecule has 1 aliphatic carbocycles. The van der Waals surface area contributed by atoms with E-state index in [9.17, 15) is 22.4 Å². The van der Waals surface area contributed by atoms with Crippen LogP contribution in [0.3, 0.4) is 0 Å². The number of hydrogen-bond donors (Lipinski definition) is 1. The molecular formula is C26H36F4N2O. The number of carbonyl (C=O) groups is 1. The number of nitrogens with zero attached hydrogens (tertiary/aromatic N) is 1. The predicted molar refractivity (Wildman–Crippen MR) is 127 cm³/mol. The van der Waals surface area contributed by atoms with E-state index >= 15 is 0 Å². The molecule has 2 aliphatic rings. The van der Waals surface area contributed by atoms with Gasteiger partial charge >= 0.3 is 6.18 Å². The second-order valence-corrected chi connectivity index (χ2v) is 8.30. The molecule has 184 valence electrons. The summed E-state index contributed by atoms with van der Waals surface area (Å²) in [6.07, 6.45) is 8.47. The Labute approximate surface area is 195 Å². The third-order valence-corrected chi connectivity index (χ3v) is 5.50. The largest absolute Gasteiger partial charge is 0.398 e. The van der Waals surface area contributed by atoms with E-state index in [1.54, 1.807) is 13.0 Å². The Hall–Kier alpha value is -2.44. The molecule has 1 aliphatic heterocycles. The van der Waals surface area contributed by atoms with Gasteiger partial charge in [0.25, 0.3) is 0 Å². The molecule has 7 heteroatoms. The Kier molecular flexibility index (Phi) is 12.1. The van der Waals surface area contributed by atoms with Crippen molar-refractivity contribution >= 4 is 11.5 Å². The molecule has 0 spiro atoms. The SMILES string of the molecule is C=C/C=C(\C=C/C)C1=NNC(C)C1.CCCC(CC(=O)CC)C1=CCC(C(F)(F)F)C(F)=C1. The zero-order valence-electron chi connectivity index (χ0n) is 20.0. The number of allylic oxidation sites excluding steroid dienone is 9. The van der Waals surface area contributed by atoms with Gasteiger partial charge in [0.1, 0.15) is 17.5 Å². The van der Waals surface area contributed by atoms with Crippen molar-refractivity contribution in [3.05, 3.63) is 60.0 Å². The van der Waals surface area contributed by atoms with Gasteiger partial charge in [-0.1, -0.05) is 57.2 Å². The van der Waals surface area contributed by atoms with Gasteiger partial charge in [-0.2, -0.15) is 18.3 Å². The summed E-state index contributed by atoms with van der Waals surface area (Å²) in [7, 11) is 0. The normalized spacial score (nSPS) is 21.9. The maximum atomic E-state index is 13.6. The molecule has 0 radical (unpaired) electrons. The first kappa shape index (κ1) is 28.6. The van der Waals surface area contributed by atoms with Crippen molar-refractivity contribution in [1.82, 2.24) is 5.43 Å². The van der Waals surface area contributed by atoms with Crippen molar-refractivity contribution in [2.45, 2.75) is 78.4 Å². The predicted octanol–water partition coefficient (Wildman–Crippen LogP) is 7.55. The lowest BCUT2D eigenvalue weighted by Crippen LogP contribution is -2.25. The fourth-order valence-electron chi connectivity index (χ4n) is 3.72. The first-order chi connectivity index (χ1) is 15.6. The van der Waals surface area contributed by atoms with Crippen molar-refractivity contribution in [3.63, 3.8) is 0 Å². The van der Waals surface area contributed by atoms with Crippen LogP contribution in [-0.4, -0.2) is 23.7 Å². The number of Topliss-reactive ketones (excluding diaryl/α,β-unsaturated/α-hetero) is 1. The Morgan fingerprint density at radius 2 is 2.06 bits per heavy atom. The van der Waals surface area contributed by atoms with Crippen LogP contribution in [0.15, 0.2) is 65.1 Å². The number of hydrogen-bond acceptors (Lipinski definition) is 3. The number of carbonyl (C=O) groups excluding carboxylic acids is 1. The van der Waals surface area contributed by atoms with E-state index in [1.165, 1.54) is 6.08 Å². The van der Waals surface area contributed by atoms with Crippen LogP contribution in [0.4, 0.5) is 17.6 Å². The third kappa shape index (κ3) is 9.52. The molecule has 0 saturated carbocycles. The third-order valence-electron chi connectivity index (χ3n) is 5.50. The maximum Gasteiger partial charge on any atom is 0.398 e. The second-order valence-electron chi connectivity index (χ2n) is 8.30. The van der Waals surface area contributed by atoms with Crippen LogP contribution >= 0.6 is 0 Å². The lowest BCUT2D eigenvalue weighted by Gasteiger charge is -2.25. The van der Waals surface area contributed by atoms with Crippen LogP contribution in [-0.2, 0) is 4.79 Å². The molecule has 0 aromatic heterocycles. The van der Waals surface area contributed by atoms with Crippen LogP contribution in [0.1, 0.15) is 66.2 Å². The molecule has 0 saturated heterocycles. The molecule has 3 nitrogen and oxygen atoms in total. The van der Waals surface area contributed by atoms with Gasteiger partial charge in [0, 0.05) is 25.3 Å². The van der Waals surface area contributed by atoms with Crippen molar-refractivity contribution in [3.8, 4) is 0 Å². The minimum absolute atomic E-state index is 0.0519. The van der Waals surface area contributed by atoms with Crippen LogP contribution in [0.25, 0.3) is 0 Å². The highest BCUT2D eigenvalue weighted by atomic mass is 19.4. The summed E-state index contributed by atoms with van der Waals surface area (Å²) in [5.41, 5.74) is 5.84. The Bertz CT molecular complexity index is 819. The summed E-state index contributed by atoms with van der Waals surface area (Å²) in [6.45, 7) is 11.5. The van der Waals surface area contributed by atoms with Gasteiger partial charge in [-0.15, -0.1) is 0 Å². The number of nitrogens with one attached hydrogen (secondary N) is 1. The molecule has 0 aromatic rings. The van der Waals surface area contributed by atoms with E-state index in [0.717, 1.165) is 30.2 Å². The molecule has 0 aromatic carbocycles. The molecule has 0 fully saturated rings. The monoisotopic (exact) mass is 468 g/mol. The highest BCUT2D eigenvalue weighted by Gasteiger charge is 2.43. The van der Waals surface area contributed by atoms with Gasteiger partial charge in [-0.05, 0) is 49.8 Å². The van der Waals surface area contributed by atoms with E-state index in [0.29, 0.717) is 24.5 Å². The fourth-order valence-corrected chi connectivity index (χ4v) is 3.72. The second kappa shape index (κ2) is 14.0. The van der Waals surface area contributed by atoms with Crippen molar-refractivity contribution in [2.75, 3.05) is 0 Å². The average molecular weight is 469 g/mol. The highest BCUT2D eigenvalue weighted by Crippen LogP contribution is 2.40. The minimum atomic E-state index is -4.55. The molecule has 3 unspecified atom stereocenters. The van der Waals surface area contributed by atoms with E-state index in [2.05, 4.69) is 30.1 Å². The fraction of sp³-hybridized carbons (Fsp3) is 0.538. The van der Waals surface area contributed by atoms with Crippen molar-refractivity contribution in [1.29, 1.82) is 0 Å². The first-order valence-corrected chi connectivity index (χ1v) is 11.5. The van der Waals surface area contributed by atoms with Crippen LogP contribution in [0.2, 0.25) is 0 Å². The van der Waals surface area contributed by atoms with Gasteiger partial charge in [0.2, 0.25) is 0 Å². The summed E-state index contributed by atoms with van der Waals surface area (Å²) in [5, 5.41) is 4.25. The van der Waals surface area contributed by atoms with Gasteiger partial charge in [-0.3, -0.25) is 4.79 Å². The van der Waals surface area contributed by atoms with E-state index in [1.807, 2.05) is 26.0 Å². The van der Waals surface area contributed by atoms with Crippen LogP contribution < -0.4 is 5.43 Å². The van der Waals surface area contributed by atoms with E-state index in [4.69, 9.17) is 0 Å². The van der Waals surface area contributed by atoms with Gasteiger partial charge in [-0.25, -0.2) is 4.39 Å². The van der Waals surface area contributed by atoms with Crippen molar-refractivity contribution < 1.29 is 22.4 Å². The van der Waals surface area contributed by atoms with Crippen LogP contribution in [0, 0.1) is 11.8 Å². The van der Waals surface area contributed by atoms with Gasteiger partial charge in [0.05, 0.1) is 5.71 Å². The summed E-state index contributed by atoms with van der Waals surface area (Å²) < 4.78 is 51.3. The van der Waals surface area contributed by atoms with Gasteiger partial charge < -0.3 is 5.43 Å². The smallest absolute Gasteiger partial charge is 0.307 e. The molecular weight excluding hydrogens is 432 g/mol. The topological polar surface area (TPSA) is 41.5 Å². The number of hydrazone groups is 1. The zero-order valence-corrected chi connectivity index (χ0v) is 20.0. The number of alkyl halides is 3. The first-order valence-electron chi connectivity index (χ1n) is 11.5. The quantitative estimate of drug-likeness (QED) is 0.280.